The summed E-state index contributed by atoms with van der Waals surface area (Å²) in [7, 11) is 0. The van der Waals surface area contributed by atoms with Gasteiger partial charge in [0.25, 0.3) is 0 Å². The first-order valence-electron chi connectivity index (χ1n) is 20.7. The summed E-state index contributed by atoms with van der Waals surface area (Å²) in [5.74, 6) is 0. The molecule has 3 aromatic rings. The molecular weight excluding hydrogens is 678 g/mol. The van der Waals surface area contributed by atoms with E-state index in [-0.39, 0.29) is 6.04 Å². The molecule has 0 saturated carbocycles. The van der Waals surface area contributed by atoms with E-state index in [0.29, 0.717) is 6.04 Å². The van der Waals surface area contributed by atoms with Gasteiger partial charge in [-0.2, -0.15) is 5.10 Å². The number of hydrogen-bond donors (Lipinski definition) is 4. The molecule has 0 aromatic heterocycles. The molecule has 6 heteroatoms. The van der Waals surface area contributed by atoms with E-state index in [4.69, 9.17) is 5.73 Å². The molecular formula is C49H74FN5. The van der Waals surface area contributed by atoms with Gasteiger partial charge < -0.3 is 21.8 Å². The maximum Gasteiger partial charge on any atom is 0.114 e. The summed E-state index contributed by atoms with van der Waals surface area (Å²) >= 11 is 0. The lowest BCUT2D eigenvalue weighted by molar-refractivity contribution is 0.408. The van der Waals surface area contributed by atoms with Crippen LogP contribution in [0.1, 0.15) is 128 Å². The highest BCUT2D eigenvalue weighted by Gasteiger charge is 2.11. The molecule has 0 amide bonds. The Labute approximate surface area is 335 Å². The average molecular weight is 752 g/mol. The topological polar surface area (TPSA) is 74.5 Å². The van der Waals surface area contributed by atoms with Crippen molar-refractivity contribution in [2.45, 2.75) is 123 Å². The van der Waals surface area contributed by atoms with Gasteiger partial charge in [-0.15, -0.1) is 0 Å². The molecule has 2 atom stereocenters. The van der Waals surface area contributed by atoms with Gasteiger partial charge in [0.2, 0.25) is 0 Å². The highest BCUT2D eigenvalue weighted by molar-refractivity contribution is 6.01. The minimum atomic E-state index is -0.470. The van der Waals surface area contributed by atoms with Gasteiger partial charge in [-0.05, 0) is 91.4 Å². The van der Waals surface area contributed by atoms with Gasteiger partial charge in [-0.25, -0.2) is 4.39 Å². The van der Waals surface area contributed by atoms with Gasteiger partial charge >= 0.3 is 0 Å². The predicted molar refractivity (Wildman–Crippen MR) is 244 cm³/mol. The molecule has 0 radical (unpaired) electrons. The van der Waals surface area contributed by atoms with Gasteiger partial charge in [-0.1, -0.05) is 176 Å². The number of nitrogens with one attached hydrogen (secondary N) is 3. The second-order valence-electron chi connectivity index (χ2n) is 14.1. The number of nitrogens with zero attached hydrogens (tertiary/aromatic N) is 1. The SMILES string of the molecule is C=C/C(C)=C\C=N/NCCCC(=C)NC(C)CCCCN.C=CNC(CF)c1ccc(-c2ccc(C=C)c3ccccc23)cc1.CCCCCCCCCC. The van der Waals surface area contributed by atoms with Gasteiger partial charge in [0.05, 0.1) is 6.04 Å². The van der Waals surface area contributed by atoms with Crippen molar-refractivity contribution in [3.05, 3.63) is 128 Å². The molecule has 0 fully saturated rings. The second kappa shape index (κ2) is 31.9. The van der Waals surface area contributed by atoms with Crippen LogP contribution in [0.5, 0.6) is 0 Å². The van der Waals surface area contributed by atoms with E-state index in [1.807, 2.05) is 55.5 Å². The van der Waals surface area contributed by atoms with Gasteiger partial charge in [0.1, 0.15) is 6.67 Å². The van der Waals surface area contributed by atoms with Crippen LogP contribution in [0.15, 0.2) is 122 Å². The number of hydrazone groups is 1. The number of fused-ring (bicyclic) bond motifs is 1. The van der Waals surface area contributed by atoms with E-state index in [2.05, 4.69) is 92.5 Å². The Morgan fingerprint density at radius 3 is 2.07 bits per heavy atom. The Balaban J connectivity index is 0.000000447. The van der Waals surface area contributed by atoms with Gasteiger partial charge in [-0.3, -0.25) is 0 Å². The number of halogens is 1. The van der Waals surface area contributed by atoms with Gasteiger partial charge in [0.15, 0.2) is 0 Å². The summed E-state index contributed by atoms with van der Waals surface area (Å²) in [5, 5.41) is 12.9. The van der Waals surface area contributed by atoms with E-state index >= 15 is 0 Å². The summed E-state index contributed by atoms with van der Waals surface area (Å²) in [6.45, 7) is 25.1. The number of nitrogens with two attached hydrogens (primary N) is 1. The lowest BCUT2D eigenvalue weighted by atomic mass is 9.94. The van der Waals surface area contributed by atoms with E-state index < -0.39 is 6.67 Å². The highest BCUT2D eigenvalue weighted by atomic mass is 19.1. The number of benzene rings is 3. The Morgan fingerprint density at radius 1 is 0.836 bits per heavy atom. The van der Waals surface area contributed by atoms with Crippen molar-refractivity contribution < 1.29 is 4.39 Å². The van der Waals surface area contributed by atoms with Crippen LogP contribution >= 0.6 is 0 Å². The van der Waals surface area contributed by atoms with Crippen LogP contribution in [0, 0.1) is 0 Å². The zero-order valence-corrected chi connectivity index (χ0v) is 34.9. The van der Waals surface area contributed by atoms with Crippen LogP contribution in [0.3, 0.4) is 0 Å². The molecule has 0 bridgehead atoms. The largest absolute Gasteiger partial charge is 0.386 e. The Bertz CT molecular complexity index is 1530. The van der Waals surface area contributed by atoms with Crippen LogP contribution < -0.4 is 21.8 Å². The molecule has 302 valence electrons. The van der Waals surface area contributed by atoms with Crippen molar-refractivity contribution in [3.63, 3.8) is 0 Å². The van der Waals surface area contributed by atoms with E-state index in [1.54, 1.807) is 12.3 Å². The number of alkyl halides is 1. The molecule has 3 aromatic carbocycles. The van der Waals surface area contributed by atoms with Crippen LogP contribution in [0.25, 0.3) is 28.0 Å². The third-order valence-corrected chi connectivity index (χ3v) is 9.37. The molecule has 5 N–H and O–H groups in total. The molecule has 55 heavy (non-hydrogen) atoms. The summed E-state index contributed by atoms with van der Waals surface area (Å²) in [6, 6.07) is 20.6. The fourth-order valence-electron chi connectivity index (χ4n) is 6.03. The van der Waals surface area contributed by atoms with Crippen LogP contribution in [-0.2, 0) is 0 Å². The summed E-state index contributed by atoms with van der Waals surface area (Å²) in [6.07, 6.45) is 25.7. The van der Waals surface area contributed by atoms with E-state index in [9.17, 15) is 4.39 Å². The average Bonchev–Trinajstić information content (AvgIpc) is 3.21. The summed E-state index contributed by atoms with van der Waals surface area (Å²) < 4.78 is 13.1. The first kappa shape index (κ1) is 48.6. The number of allylic oxidation sites excluding steroid dienone is 4. The molecule has 5 nitrogen and oxygen atoms in total. The number of rotatable bonds is 26. The van der Waals surface area contributed by atoms with E-state index in [1.165, 1.54) is 74.8 Å². The van der Waals surface area contributed by atoms with Crippen LogP contribution in [0.4, 0.5) is 4.39 Å². The third-order valence-electron chi connectivity index (χ3n) is 9.37. The Morgan fingerprint density at radius 2 is 1.49 bits per heavy atom. The van der Waals surface area contributed by atoms with Crippen molar-refractivity contribution >= 4 is 23.1 Å². The van der Waals surface area contributed by atoms with Crippen molar-refractivity contribution in [2.75, 3.05) is 19.8 Å². The minimum Gasteiger partial charge on any atom is -0.386 e. The zero-order valence-electron chi connectivity index (χ0n) is 34.9. The maximum atomic E-state index is 13.1. The molecule has 0 aliphatic rings. The third kappa shape index (κ3) is 21.3. The lowest BCUT2D eigenvalue weighted by Crippen LogP contribution is -2.25. The van der Waals surface area contributed by atoms with Crippen molar-refractivity contribution in [1.29, 1.82) is 0 Å². The molecule has 0 aliphatic carbocycles. The van der Waals surface area contributed by atoms with Crippen molar-refractivity contribution in [2.24, 2.45) is 10.8 Å². The van der Waals surface area contributed by atoms with Crippen LogP contribution in [-0.4, -0.2) is 32.0 Å². The highest BCUT2D eigenvalue weighted by Crippen LogP contribution is 2.32. The van der Waals surface area contributed by atoms with E-state index in [0.717, 1.165) is 72.3 Å². The molecule has 0 saturated heterocycles. The second-order valence-corrected chi connectivity index (χ2v) is 14.1. The molecule has 2 unspecified atom stereocenters. The van der Waals surface area contributed by atoms with Gasteiger partial charge in [0, 0.05) is 24.5 Å². The number of hydrogen-bond acceptors (Lipinski definition) is 5. The minimum absolute atomic E-state index is 0.351. The number of unbranched alkanes of at least 4 members (excludes halogenated alkanes) is 8. The zero-order chi connectivity index (χ0) is 40.5. The first-order chi connectivity index (χ1) is 26.8. The smallest absolute Gasteiger partial charge is 0.114 e. The fraction of sp³-hybridized carbons (Fsp3) is 0.449. The molecule has 0 heterocycles. The molecule has 0 spiro atoms. The normalized spacial score (nSPS) is 12.1. The van der Waals surface area contributed by atoms with Crippen molar-refractivity contribution in [3.8, 4) is 11.1 Å². The monoisotopic (exact) mass is 752 g/mol. The standard InChI is InChI=1S/C22H20FN.C17H32N4.C10H22/c1-3-16-13-14-20(21-8-6-5-7-19(16)21)17-9-11-18(12-10-17)22(15-23)24-4-2;1-5-15(2)11-14-20-19-13-8-10-17(4)21-16(3)9-6-7-12-18;1-3-5-7-9-10-8-6-4-2/h3-14,22,24H,1-2,15H2;5,11,14,16,19,21H,1,4,6-10,12-13,18H2,2-3H3;3-10H2,1-2H3/b;15-11-,20-14-;. The quantitative estimate of drug-likeness (QED) is 0.0285. The lowest BCUT2D eigenvalue weighted by Gasteiger charge is -2.17. The van der Waals surface area contributed by atoms with Crippen molar-refractivity contribution in [1.82, 2.24) is 16.1 Å². The molecule has 3 rings (SSSR count). The Kier molecular flexibility index (Phi) is 28.2. The summed E-state index contributed by atoms with van der Waals surface area (Å²) in [4.78, 5) is 0. The predicted octanol–water partition coefficient (Wildman–Crippen LogP) is 13.1. The maximum absolute atomic E-state index is 13.1. The fourth-order valence-corrected chi connectivity index (χ4v) is 6.03. The Hall–Kier alpha value is -4.42. The summed E-state index contributed by atoms with van der Waals surface area (Å²) in [5.41, 5.74) is 15.0. The first-order valence-corrected chi connectivity index (χ1v) is 20.7. The van der Waals surface area contributed by atoms with Crippen LogP contribution in [0.2, 0.25) is 0 Å². The molecule has 0 aliphatic heterocycles.